The lowest BCUT2D eigenvalue weighted by atomic mass is 10.2. The number of nitrogens with zero attached hydrogens (tertiary/aromatic N) is 2. The highest BCUT2D eigenvalue weighted by Gasteiger charge is 2.19. The van der Waals surface area contributed by atoms with Crippen molar-refractivity contribution in [2.45, 2.75) is 26.4 Å². The predicted molar refractivity (Wildman–Crippen MR) is 67.6 cm³/mol. The lowest BCUT2D eigenvalue weighted by molar-refractivity contribution is 0.00628. The van der Waals surface area contributed by atoms with Crippen molar-refractivity contribution in [3.63, 3.8) is 0 Å². The monoisotopic (exact) mass is 253 g/mol. The van der Waals surface area contributed by atoms with Gasteiger partial charge in [-0.3, -0.25) is 0 Å². The third-order valence-corrected chi connectivity index (χ3v) is 1.85. The van der Waals surface area contributed by atoms with Crippen LogP contribution in [0.5, 0.6) is 0 Å². The van der Waals surface area contributed by atoms with Gasteiger partial charge >= 0.3 is 5.97 Å². The molecule has 1 aromatic rings. The number of rotatable bonds is 5. The van der Waals surface area contributed by atoms with Gasteiger partial charge in [0.2, 0.25) is 5.95 Å². The lowest BCUT2D eigenvalue weighted by Crippen LogP contribution is -2.24. The second-order valence-corrected chi connectivity index (χ2v) is 4.69. The fourth-order valence-corrected chi connectivity index (χ4v) is 1.15. The third-order valence-electron chi connectivity index (χ3n) is 1.85. The Morgan fingerprint density at radius 1 is 1.44 bits per heavy atom. The Morgan fingerprint density at radius 2 is 2.17 bits per heavy atom. The number of ether oxygens (including phenoxy) is 2. The van der Waals surface area contributed by atoms with Crippen molar-refractivity contribution in [3.8, 4) is 0 Å². The van der Waals surface area contributed by atoms with Crippen molar-refractivity contribution < 1.29 is 14.3 Å². The van der Waals surface area contributed by atoms with E-state index in [1.54, 1.807) is 7.11 Å². The zero-order valence-electron chi connectivity index (χ0n) is 11.2. The molecule has 0 aliphatic rings. The number of hydrogen-bond acceptors (Lipinski definition) is 6. The van der Waals surface area contributed by atoms with Gasteiger partial charge in [-0.25, -0.2) is 14.8 Å². The molecule has 6 heteroatoms. The molecule has 0 unspecified atom stereocenters. The number of hydrogen-bond donors (Lipinski definition) is 1. The van der Waals surface area contributed by atoms with Crippen LogP contribution in [-0.2, 0) is 9.47 Å². The van der Waals surface area contributed by atoms with Gasteiger partial charge in [0.15, 0.2) is 5.69 Å². The Bertz CT molecular complexity index is 402. The van der Waals surface area contributed by atoms with Crippen LogP contribution in [0, 0.1) is 0 Å². The van der Waals surface area contributed by atoms with E-state index in [2.05, 4.69) is 15.3 Å². The van der Waals surface area contributed by atoms with E-state index in [9.17, 15) is 4.79 Å². The van der Waals surface area contributed by atoms with E-state index >= 15 is 0 Å². The van der Waals surface area contributed by atoms with Gasteiger partial charge in [0.05, 0.1) is 6.61 Å². The van der Waals surface area contributed by atoms with E-state index in [4.69, 9.17) is 9.47 Å². The Labute approximate surface area is 107 Å². The molecule has 1 heterocycles. The van der Waals surface area contributed by atoms with E-state index in [1.165, 1.54) is 12.3 Å². The molecule has 0 aliphatic carbocycles. The Hall–Kier alpha value is -1.69. The maximum absolute atomic E-state index is 11.8. The first-order valence-electron chi connectivity index (χ1n) is 5.71. The highest BCUT2D eigenvalue weighted by atomic mass is 16.6. The molecular weight excluding hydrogens is 234 g/mol. The predicted octanol–water partition coefficient (Wildman–Crippen LogP) is 1.49. The van der Waals surface area contributed by atoms with Crippen molar-refractivity contribution in [1.82, 2.24) is 9.97 Å². The Kier molecular flexibility index (Phi) is 5.03. The molecule has 6 nitrogen and oxygen atoms in total. The number of methoxy groups -OCH3 is 1. The first-order chi connectivity index (χ1) is 8.42. The van der Waals surface area contributed by atoms with Crippen LogP contribution < -0.4 is 5.32 Å². The molecule has 0 saturated heterocycles. The number of carbonyl (C=O) groups is 1. The van der Waals surface area contributed by atoms with Crippen LogP contribution in [0.4, 0.5) is 5.95 Å². The molecular formula is C12H19N3O3. The number of esters is 1. The minimum absolute atomic E-state index is 0.236. The average molecular weight is 253 g/mol. The quantitative estimate of drug-likeness (QED) is 0.633. The summed E-state index contributed by atoms with van der Waals surface area (Å²) in [6, 6.07) is 1.52. The summed E-state index contributed by atoms with van der Waals surface area (Å²) in [7, 11) is 1.61. The number of aromatic nitrogens is 2. The molecule has 0 fully saturated rings. The van der Waals surface area contributed by atoms with Crippen molar-refractivity contribution in [2.24, 2.45) is 0 Å². The first-order valence-corrected chi connectivity index (χ1v) is 5.71. The molecule has 0 aliphatic heterocycles. The summed E-state index contributed by atoms with van der Waals surface area (Å²) in [5.41, 5.74) is -0.300. The molecule has 0 atom stereocenters. The second kappa shape index (κ2) is 6.30. The van der Waals surface area contributed by atoms with Crippen LogP contribution in [-0.4, -0.2) is 41.8 Å². The Morgan fingerprint density at radius 3 is 2.78 bits per heavy atom. The molecule has 0 spiro atoms. The molecule has 1 aromatic heterocycles. The third kappa shape index (κ3) is 5.09. The van der Waals surface area contributed by atoms with Crippen molar-refractivity contribution in [1.29, 1.82) is 0 Å². The lowest BCUT2D eigenvalue weighted by Gasteiger charge is -2.19. The highest BCUT2D eigenvalue weighted by Crippen LogP contribution is 2.11. The fraction of sp³-hybridized carbons (Fsp3) is 0.583. The molecule has 0 radical (unpaired) electrons. The number of carbonyl (C=O) groups excluding carboxylic acids is 1. The summed E-state index contributed by atoms with van der Waals surface area (Å²) in [5, 5.41) is 2.95. The van der Waals surface area contributed by atoms with E-state index < -0.39 is 11.6 Å². The normalized spacial score (nSPS) is 11.1. The molecule has 0 saturated carbocycles. The van der Waals surface area contributed by atoms with Crippen LogP contribution in [0.1, 0.15) is 31.3 Å². The van der Waals surface area contributed by atoms with E-state index in [0.717, 1.165) is 0 Å². The minimum Gasteiger partial charge on any atom is -0.455 e. The summed E-state index contributed by atoms with van der Waals surface area (Å²) < 4.78 is 10.1. The van der Waals surface area contributed by atoms with Crippen molar-refractivity contribution in [3.05, 3.63) is 18.0 Å². The summed E-state index contributed by atoms with van der Waals surface area (Å²) in [6.45, 7) is 6.55. The first kappa shape index (κ1) is 14.4. The van der Waals surface area contributed by atoms with Gasteiger partial charge < -0.3 is 14.8 Å². The standard InChI is InChI=1S/C12H19N3O3/c1-12(2,3)18-10(16)9-5-6-13-11(15-9)14-7-8-17-4/h5-6H,7-8H2,1-4H3,(H,13,14,15). The van der Waals surface area contributed by atoms with Crippen molar-refractivity contribution >= 4 is 11.9 Å². The Balaban J connectivity index is 2.66. The van der Waals surface area contributed by atoms with Gasteiger partial charge in [-0.1, -0.05) is 0 Å². The molecule has 0 amide bonds. The van der Waals surface area contributed by atoms with Gasteiger partial charge in [0, 0.05) is 19.9 Å². The zero-order chi connectivity index (χ0) is 13.6. The highest BCUT2D eigenvalue weighted by molar-refractivity contribution is 5.87. The maximum atomic E-state index is 11.8. The smallest absolute Gasteiger partial charge is 0.357 e. The summed E-state index contributed by atoms with van der Waals surface area (Å²) in [4.78, 5) is 19.9. The second-order valence-electron chi connectivity index (χ2n) is 4.69. The molecule has 1 N–H and O–H groups in total. The van der Waals surface area contributed by atoms with Gasteiger partial charge in [0.25, 0.3) is 0 Å². The van der Waals surface area contributed by atoms with Gasteiger partial charge in [-0.2, -0.15) is 0 Å². The SMILES string of the molecule is COCCNc1nccc(C(=O)OC(C)(C)C)n1. The fourth-order valence-electron chi connectivity index (χ4n) is 1.15. The van der Waals surface area contributed by atoms with Gasteiger partial charge in [-0.15, -0.1) is 0 Å². The maximum Gasteiger partial charge on any atom is 0.357 e. The molecule has 0 aromatic carbocycles. The van der Waals surface area contributed by atoms with E-state index in [-0.39, 0.29) is 5.69 Å². The zero-order valence-corrected chi connectivity index (χ0v) is 11.2. The van der Waals surface area contributed by atoms with Crippen LogP contribution in [0.25, 0.3) is 0 Å². The minimum atomic E-state index is -0.536. The summed E-state index contributed by atoms with van der Waals surface area (Å²) in [5.74, 6) is -0.0740. The molecule has 18 heavy (non-hydrogen) atoms. The van der Waals surface area contributed by atoms with Crippen LogP contribution >= 0.6 is 0 Å². The number of nitrogens with one attached hydrogen (secondary N) is 1. The van der Waals surface area contributed by atoms with Gasteiger partial charge in [0.1, 0.15) is 5.60 Å². The van der Waals surface area contributed by atoms with E-state index in [0.29, 0.717) is 19.1 Å². The average Bonchev–Trinajstić information content (AvgIpc) is 2.27. The van der Waals surface area contributed by atoms with Crippen LogP contribution in [0.3, 0.4) is 0 Å². The number of anilines is 1. The van der Waals surface area contributed by atoms with E-state index in [1.807, 2.05) is 20.8 Å². The molecule has 100 valence electrons. The van der Waals surface area contributed by atoms with Crippen molar-refractivity contribution in [2.75, 3.05) is 25.6 Å². The van der Waals surface area contributed by atoms with Gasteiger partial charge in [-0.05, 0) is 26.8 Å². The van der Waals surface area contributed by atoms with Crippen LogP contribution in [0.15, 0.2) is 12.3 Å². The summed E-state index contributed by atoms with van der Waals surface area (Å²) in [6.07, 6.45) is 1.52. The molecule has 0 bridgehead atoms. The topological polar surface area (TPSA) is 73.3 Å². The summed E-state index contributed by atoms with van der Waals surface area (Å²) >= 11 is 0. The van der Waals surface area contributed by atoms with Crippen LogP contribution in [0.2, 0.25) is 0 Å². The molecule has 1 rings (SSSR count). The largest absolute Gasteiger partial charge is 0.455 e.